The monoisotopic (exact) mass is 202 g/mol. The fourth-order valence-electron chi connectivity index (χ4n) is 0.945. The molecular weight excluding hydrogens is 180 g/mol. The van der Waals surface area contributed by atoms with Crippen molar-refractivity contribution in [3.8, 4) is 0 Å². The maximum absolute atomic E-state index is 11.2. The first kappa shape index (κ1) is 13.3. The average molecular weight is 202 g/mol. The van der Waals surface area contributed by atoms with Crippen LogP contribution in [0.1, 0.15) is 47.5 Å². The molecule has 0 fully saturated rings. The van der Waals surface area contributed by atoms with Gasteiger partial charge in [-0.05, 0) is 26.2 Å². The Hall–Kier alpha value is -0.730. The Morgan fingerprint density at radius 3 is 2.14 bits per heavy atom. The van der Waals surface area contributed by atoms with E-state index in [1.165, 1.54) is 0 Å². The van der Waals surface area contributed by atoms with Gasteiger partial charge in [-0.15, -0.1) is 0 Å². The van der Waals surface area contributed by atoms with Gasteiger partial charge < -0.3 is 9.47 Å². The molecule has 0 aromatic heterocycles. The van der Waals surface area contributed by atoms with Gasteiger partial charge in [0, 0.05) is 0 Å². The molecule has 0 N–H and O–H groups in total. The largest absolute Gasteiger partial charge is 0.508 e. The van der Waals surface area contributed by atoms with Gasteiger partial charge in [0.25, 0.3) is 0 Å². The van der Waals surface area contributed by atoms with Gasteiger partial charge in [-0.3, -0.25) is 0 Å². The van der Waals surface area contributed by atoms with Crippen molar-refractivity contribution in [2.75, 3.05) is 0 Å². The first-order chi connectivity index (χ1) is 6.47. The Bertz CT molecular complexity index is 166. The zero-order valence-corrected chi connectivity index (χ0v) is 9.87. The molecule has 0 saturated heterocycles. The molecule has 0 bridgehead atoms. The molecule has 0 aromatic rings. The number of carbonyl (C=O) groups is 1. The minimum absolute atomic E-state index is 0.0492. The molecule has 0 rings (SSSR count). The second kappa shape index (κ2) is 6.68. The van der Waals surface area contributed by atoms with Crippen LogP contribution in [0.4, 0.5) is 4.79 Å². The fraction of sp³-hybridized carbons (Fsp3) is 0.909. The van der Waals surface area contributed by atoms with Crippen LogP contribution in [-0.2, 0) is 9.47 Å². The van der Waals surface area contributed by atoms with Crippen molar-refractivity contribution in [2.24, 2.45) is 5.92 Å². The predicted molar refractivity (Wildman–Crippen MR) is 56.2 cm³/mol. The lowest BCUT2D eigenvalue weighted by Crippen LogP contribution is -2.23. The van der Waals surface area contributed by atoms with Gasteiger partial charge in [-0.25, -0.2) is 4.79 Å². The van der Waals surface area contributed by atoms with Crippen molar-refractivity contribution < 1.29 is 14.3 Å². The van der Waals surface area contributed by atoms with Gasteiger partial charge in [-0.1, -0.05) is 27.2 Å². The van der Waals surface area contributed by atoms with Crippen molar-refractivity contribution >= 4 is 6.16 Å². The summed E-state index contributed by atoms with van der Waals surface area (Å²) in [6.45, 7) is 9.82. The molecule has 0 aromatic carbocycles. The summed E-state index contributed by atoms with van der Waals surface area (Å²) in [4.78, 5) is 11.2. The minimum atomic E-state index is -0.549. The van der Waals surface area contributed by atoms with Crippen molar-refractivity contribution in [2.45, 2.75) is 59.7 Å². The first-order valence-electron chi connectivity index (χ1n) is 5.34. The Morgan fingerprint density at radius 1 is 1.14 bits per heavy atom. The van der Waals surface area contributed by atoms with Gasteiger partial charge in [0.2, 0.25) is 0 Å². The third kappa shape index (κ3) is 5.84. The van der Waals surface area contributed by atoms with Crippen molar-refractivity contribution in [1.29, 1.82) is 0 Å². The zero-order valence-electron chi connectivity index (χ0n) is 9.87. The molecule has 2 atom stereocenters. The number of rotatable bonds is 5. The van der Waals surface area contributed by atoms with Crippen molar-refractivity contribution in [3.63, 3.8) is 0 Å². The summed E-state index contributed by atoms with van der Waals surface area (Å²) in [5.41, 5.74) is 0. The lowest BCUT2D eigenvalue weighted by molar-refractivity contribution is -0.00592. The van der Waals surface area contributed by atoms with E-state index in [0.717, 1.165) is 12.8 Å². The van der Waals surface area contributed by atoms with Crippen LogP contribution in [0.5, 0.6) is 0 Å². The number of ether oxygens (including phenoxy) is 2. The third-order valence-electron chi connectivity index (χ3n) is 2.21. The van der Waals surface area contributed by atoms with E-state index in [1.807, 2.05) is 27.7 Å². The highest BCUT2D eigenvalue weighted by molar-refractivity contribution is 5.60. The highest BCUT2D eigenvalue weighted by atomic mass is 16.7. The van der Waals surface area contributed by atoms with E-state index in [9.17, 15) is 4.79 Å². The molecule has 0 heterocycles. The minimum Gasteiger partial charge on any atom is -0.431 e. The van der Waals surface area contributed by atoms with Crippen LogP contribution in [0.15, 0.2) is 0 Å². The second-order valence-corrected chi connectivity index (χ2v) is 4.03. The summed E-state index contributed by atoms with van der Waals surface area (Å²) in [5.74, 6) is 0.323. The van der Waals surface area contributed by atoms with Gasteiger partial charge >= 0.3 is 6.16 Å². The van der Waals surface area contributed by atoms with Gasteiger partial charge in [0.1, 0.15) is 12.2 Å². The molecule has 3 heteroatoms. The molecule has 0 aliphatic rings. The highest BCUT2D eigenvalue weighted by Crippen LogP contribution is 2.08. The van der Waals surface area contributed by atoms with E-state index in [2.05, 4.69) is 6.92 Å². The normalized spacial score (nSPS) is 15.0. The molecule has 0 radical (unpaired) electrons. The maximum Gasteiger partial charge on any atom is 0.508 e. The molecule has 84 valence electrons. The number of hydrogen-bond acceptors (Lipinski definition) is 3. The summed E-state index contributed by atoms with van der Waals surface area (Å²) >= 11 is 0. The van der Waals surface area contributed by atoms with Crippen molar-refractivity contribution in [3.05, 3.63) is 0 Å². The maximum atomic E-state index is 11.2. The summed E-state index contributed by atoms with van der Waals surface area (Å²) in [7, 11) is 0. The van der Waals surface area contributed by atoms with Gasteiger partial charge in [-0.2, -0.15) is 0 Å². The van der Waals surface area contributed by atoms with Crippen LogP contribution in [0, 0.1) is 5.92 Å². The molecule has 14 heavy (non-hydrogen) atoms. The Balaban J connectivity index is 3.75. The smallest absolute Gasteiger partial charge is 0.431 e. The lowest BCUT2D eigenvalue weighted by atomic mass is 10.1. The van der Waals surface area contributed by atoms with Crippen molar-refractivity contribution in [1.82, 2.24) is 0 Å². The van der Waals surface area contributed by atoms with Crippen LogP contribution >= 0.6 is 0 Å². The Morgan fingerprint density at radius 2 is 1.71 bits per heavy atom. The lowest BCUT2D eigenvalue weighted by Gasteiger charge is -2.18. The molecule has 3 nitrogen and oxygen atoms in total. The number of hydrogen-bond donors (Lipinski definition) is 0. The summed E-state index contributed by atoms with van der Waals surface area (Å²) in [6, 6.07) is 0. The van der Waals surface area contributed by atoms with E-state index in [0.29, 0.717) is 5.92 Å². The Kier molecular flexibility index (Phi) is 6.34. The molecule has 2 unspecified atom stereocenters. The Labute approximate surface area is 86.8 Å². The van der Waals surface area contributed by atoms with Crippen LogP contribution in [-0.4, -0.2) is 18.4 Å². The molecule has 0 spiro atoms. The second-order valence-electron chi connectivity index (χ2n) is 4.03. The quantitative estimate of drug-likeness (QED) is 0.641. The van der Waals surface area contributed by atoms with Gasteiger partial charge in [0.15, 0.2) is 0 Å². The van der Waals surface area contributed by atoms with E-state index >= 15 is 0 Å². The number of carbonyl (C=O) groups excluding carboxylic acids is 1. The zero-order chi connectivity index (χ0) is 11.1. The van der Waals surface area contributed by atoms with Gasteiger partial charge in [0.05, 0.1) is 0 Å². The SMILES string of the molecule is CCCC(C)OC(=O)OC(C)C(C)C. The highest BCUT2D eigenvalue weighted by Gasteiger charge is 2.15. The first-order valence-corrected chi connectivity index (χ1v) is 5.34. The average Bonchev–Trinajstić information content (AvgIpc) is 2.03. The van der Waals surface area contributed by atoms with E-state index < -0.39 is 6.16 Å². The van der Waals surface area contributed by atoms with Crippen LogP contribution in [0.3, 0.4) is 0 Å². The fourth-order valence-corrected chi connectivity index (χ4v) is 0.945. The van der Waals surface area contributed by atoms with Crippen LogP contribution < -0.4 is 0 Å². The predicted octanol–water partition coefficient (Wildman–Crippen LogP) is 3.37. The molecular formula is C11H22O3. The topological polar surface area (TPSA) is 35.5 Å². The molecule has 0 aliphatic heterocycles. The summed E-state index contributed by atoms with van der Waals surface area (Å²) in [6.07, 6.45) is 1.20. The summed E-state index contributed by atoms with van der Waals surface area (Å²) < 4.78 is 10.1. The third-order valence-corrected chi connectivity index (χ3v) is 2.21. The van der Waals surface area contributed by atoms with Crippen LogP contribution in [0.2, 0.25) is 0 Å². The van der Waals surface area contributed by atoms with E-state index in [4.69, 9.17) is 9.47 Å². The standard InChI is InChI=1S/C11H22O3/c1-6-7-9(4)13-11(12)14-10(5)8(2)3/h8-10H,6-7H2,1-5H3. The molecule has 0 saturated carbocycles. The van der Waals surface area contributed by atoms with E-state index in [-0.39, 0.29) is 12.2 Å². The molecule has 0 aliphatic carbocycles. The summed E-state index contributed by atoms with van der Waals surface area (Å²) in [5, 5.41) is 0. The van der Waals surface area contributed by atoms with Crippen LogP contribution in [0.25, 0.3) is 0 Å². The van der Waals surface area contributed by atoms with E-state index in [1.54, 1.807) is 0 Å². The molecule has 0 amide bonds.